The SMILES string of the molecule is CCOC(=O)CN1CCCC[C@@H]1CNS(C)(=O)=O. The van der Waals surface area contributed by atoms with Crippen molar-refractivity contribution in [2.24, 2.45) is 0 Å². The molecule has 0 aromatic heterocycles. The maximum absolute atomic E-state index is 11.5. The highest BCUT2D eigenvalue weighted by Crippen LogP contribution is 2.16. The van der Waals surface area contributed by atoms with Gasteiger partial charge in [0.05, 0.1) is 19.4 Å². The number of nitrogens with one attached hydrogen (secondary N) is 1. The first kappa shape index (κ1) is 15.4. The number of hydrogen-bond donors (Lipinski definition) is 1. The van der Waals surface area contributed by atoms with Crippen LogP contribution >= 0.6 is 0 Å². The summed E-state index contributed by atoms with van der Waals surface area (Å²) in [6.45, 7) is 3.56. The van der Waals surface area contributed by atoms with E-state index in [1.165, 1.54) is 0 Å². The summed E-state index contributed by atoms with van der Waals surface area (Å²) >= 11 is 0. The Bertz CT molecular complexity index is 369. The minimum Gasteiger partial charge on any atom is -0.465 e. The van der Waals surface area contributed by atoms with Gasteiger partial charge < -0.3 is 4.74 Å². The molecule has 1 aliphatic rings. The number of carbonyl (C=O) groups is 1. The third kappa shape index (κ3) is 5.79. The van der Waals surface area contributed by atoms with Crippen molar-refractivity contribution in [3.05, 3.63) is 0 Å². The van der Waals surface area contributed by atoms with Gasteiger partial charge in [-0.1, -0.05) is 6.42 Å². The van der Waals surface area contributed by atoms with Crippen LogP contribution in [0.15, 0.2) is 0 Å². The Hall–Kier alpha value is -0.660. The van der Waals surface area contributed by atoms with Crippen LogP contribution in [0.5, 0.6) is 0 Å². The van der Waals surface area contributed by atoms with Crippen molar-refractivity contribution in [1.82, 2.24) is 9.62 Å². The molecule has 0 aliphatic carbocycles. The number of ether oxygens (including phenoxy) is 1. The summed E-state index contributed by atoms with van der Waals surface area (Å²) in [5.41, 5.74) is 0. The van der Waals surface area contributed by atoms with E-state index in [1.807, 2.05) is 4.90 Å². The third-order valence-electron chi connectivity index (χ3n) is 2.97. The largest absolute Gasteiger partial charge is 0.465 e. The summed E-state index contributed by atoms with van der Waals surface area (Å²) in [7, 11) is -3.18. The van der Waals surface area contributed by atoms with Gasteiger partial charge in [0.1, 0.15) is 0 Å². The van der Waals surface area contributed by atoms with Gasteiger partial charge in [-0.15, -0.1) is 0 Å². The Kier molecular flexibility index (Phi) is 6.04. The lowest BCUT2D eigenvalue weighted by Crippen LogP contribution is -2.48. The second-order valence-corrected chi connectivity index (χ2v) is 6.38. The molecule has 0 unspecified atom stereocenters. The molecule has 6 nitrogen and oxygen atoms in total. The smallest absolute Gasteiger partial charge is 0.320 e. The molecular formula is C11H22N2O4S. The molecule has 1 atom stereocenters. The zero-order chi connectivity index (χ0) is 13.6. The van der Waals surface area contributed by atoms with Gasteiger partial charge in [-0.05, 0) is 26.3 Å². The fourth-order valence-electron chi connectivity index (χ4n) is 2.12. The van der Waals surface area contributed by atoms with Crippen molar-refractivity contribution in [3.63, 3.8) is 0 Å². The van der Waals surface area contributed by atoms with Crippen LogP contribution in [0.25, 0.3) is 0 Å². The standard InChI is InChI=1S/C11H22N2O4S/c1-3-17-11(14)9-13-7-5-4-6-10(13)8-12-18(2,15)16/h10,12H,3-9H2,1-2H3/t10-/m1/s1. The van der Waals surface area contributed by atoms with E-state index < -0.39 is 10.0 Å². The van der Waals surface area contributed by atoms with Gasteiger partial charge in [0, 0.05) is 12.6 Å². The van der Waals surface area contributed by atoms with Crippen LogP contribution in [0.2, 0.25) is 0 Å². The molecule has 0 radical (unpaired) electrons. The Morgan fingerprint density at radius 3 is 2.78 bits per heavy atom. The van der Waals surface area contributed by atoms with E-state index in [1.54, 1.807) is 6.92 Å². The van der Waals surface area contributed by atoms with E-state index in [4.69, 9.17) is 4.74 Å². The molecule has 0 bridgehead atoms. The quantitative estimate of drug-likeness (QED) is 0.690. The van der Waals surface area contributed by atoms with Crippen LogP contribution < -0.4 is 4.72 Å². The second-order valence-electron chi connectivity index (χ2n) is 4.55. The average molecular weight is 278 g/mol. The summed E-state index contributed by atoms with van der Waals surface area (Å²) in [6, 6.07) is 0.0814. The van der Waals surface area contributed by atoms with Crippen molar-refractivity contribution < 1.29 is 17.9 Å². The predicted molar refractivity (Wildman–Crippen MR) is 68.7 cm³/mol. The first-order chi connectivity index (χ1) is 8.42. The van der Waals surface area contributed by atoms with Crippen molar-refractivity contribution in [1.29, 1.82) is 0 Å². The zero-order valence-corrected chi connectivity index (χ0v) is 11.8. The van der Waals surface area contributed by atoms with Crippen LogP contribution in [0.1, 0.15) is 26.2 Å². The number of carbonyl (C=O) groups excluding carboxylic acids is 1. The molecule has 18 heavy (non-hydrogen) atoms. The fourth-order valence-corrected chi connectivity index (χ4v) is 2.61. The van der Waals surface area contributed by atoms with Gasteiger partial charge in [-0.2, -0.15) is 0 Å². The molecule has 1 aliphatic heterocycles. The number of hydrogen-bond acceptors (Lipinski definition) is 5. The summed E-state index contributed by atoms with van der Waals surface area (Å²) < 4.78 is 29.6. The molecule has 1 fully saturated rings. The molecule has 1 heterocycles. The van der Waals surface area contributed by atoms with Crippen LogP contribution in [0.3, 0.4) is 0 Å². The summed E-state index contributed by atoms with van der Waals surface area (Å²) in [5.74, 6) is -0.247. The lowest BCUT2D eigenvalue weighted by atomic mass is 10.0. The summed E-state index contributed by atoms with van der Waals surface area (Å²) in [6.07, 6.45) is 4.15. The van der Waals surface area contributed by atoms with E-state index in [-0.39, 0.29) is 18.6 Å². The minimum atomic E-state index is -3.18. The molecular weight excluding hydrogens is 256 g/mol. The van der Waals surface area contributed by atoms with Gasteiger partial charge in [0.2, 0.25) is 10.0 Å². The number of esters is 1. The molecule has 7 heteroatoms. The molecule has 0 aromatic rings. The summed E-state index contributed by atoms with van der Waals surface area (Å²) in [5, 5.41) is 0. The predicted octanol–water partition coefficient (Wildman–Crippen LogP) is -0.0468. The first-order valence-corrected chi connectivity index (χ1v) is 8.16. The fraction of sp³-hybridized carbons (Fsp3) is 0.909. The highest BCUT2D eigenvalue weighted by Gasteiger charge is 2.25. The van der Waals surface area contributed by atoms with Crippen molar-refractivity contribution in [3.8, 4) is 0 Å². The van der Waals surface area contributed by atoms with E-state index >= 15 is 0 Å². The number of piperidine rings is 1. The molecule has 1 saturated heterocycles. The molecule has 1 rings (SSSR count). The Labute approximate surface area is 109 Å². The average Bonchev–Trinajstić information content (AvgIpc) is 2.27. The monoisotopic (exact) mass is 278 g/mol. The van der Waals surface area contributed by atoms with E-state index in [2.05, 4.69) is 4.72 Å². The van der Waals surface area contributed by atoms with Gasteiger partial charge >= 0.3 is 5.97 Å². The van der Waals surface area contributed by atoms with Crippen LogP contribution in [0.4, 0.5) is 0 Å². The lowest BCUT2D eigenvalue weighted by Gasteiger charge is -2.34. The molecule has 0 aromatic carbocycles. The Morgan fingerprint density at radius 1 is 1.44 bits per heavy atom. The Balaban J connectivity index is 2.49. The number of sulfonamides is 1. The van der Waals surface area contributed by atoms with Gasteiger partial charge in [0.25, 0.3) is 0 Å². The van der Waals surface area contributed by atoms with Gasteiger partial charge in [-0.25, -0.2) is 13.1 Å². The van der Waals surface area contributed by atoms with E-state index in [0.717, 1.165) is 32.1 Å². The van der Waals surface area contributed by atoms with E-state index in [0.29, 0.717) is 13.2 Å². The second kappa shape index (κ2) is 7.06. The maximum Gasteiger partial charge on any atom is 0.320 e. The summed E-state index contributed by atoms with van der Waals surface area (Å²) in [4.78, 5) is 13.5. The minimum absolute atomic E-state index is 0.0814. The normalized spacial score (nSPS) is 21.8. The Morgan fingerprint density at radius 2 is 2.17 bits per heavy atom. The number of likely N-dealkylation sites (tertiary alicyclic amines) is 1. The van der Waals surface area contributed by atoms with Crippen LogP contribution in [-0.2, 0) is 19.6 Å². The van der Waals surface area contributed by atoms with E-state index in [9.17, 15) is 13.2 Å². The first-order valence-electron chi connectivity index (χ1n) is 6.26. The van der Waals surface area contributed by atoms with Crippen LogP contribution in [-0.4, -0.2) is 57.8 Å². The van der Waals surface area contributed by atoms with Gasteiger partial charge in [0.15, 0.2) is 0 Å². The lowest BCUT2D eigenvalue weighted by molar-refractivity contribution is -0.145. The number of rotatable bonds is 6. The molecule has 0 spiro atoms. The topological polar surface area (TPSA) is 75.7 Å². The zero-order valence-electron chi connectivity index (χ0n) is 11.0. The third-order valence-corrected chi connectivity index (χ3v) is 3.66. The maximum atomic E-state index is 11.5. The van der Waals surface area contributed by atoms with Crippen LogP contribution in [0, 0.1) is 0 Å². The molecule has 0 amide bonds. The molecule has 106 valence electrons. The number of nitrogens with zero attached hydrogens (tertiary/aromatic N) is 1. The highest BCUT2D eigenvalue weighted by atomic mass is 32.2. The highest BCUT2D eigenvalue weighted by molar-refractivity contribution is 7.88. The van der Waals surface area contributed by atoms with Crippen molar-refractivity contribution in [2.45, 2.75) is 32.2 Å². The molecule has 0 saturated carbocycles. The molecule has 1 N–H and O–H groups in total. The van der Waals surface area contributed by atoms with Gasteiger partial charge in [-0.3, -0.25) is 9.69 Å². The van der Waals surface area contributed by atoms with Crippen molar-refractivity contribution in [2.75, 3.05) is 32.5 Å². The van der Waals surface area contributed by atoms with Crippen molar-refractivity contribution >= 4 is 16.0 Å².